The fourth-order valence-corrected chi connectivity index (χ4v) is 3.36. The third kappa shape index (κ3) is 4.34. The summed E-state index contributed by atoms with van der Waals surface area (Å²) in [7, 11) is 0. The third-order valence-corrected chi connectivity index (χ3v) is 4.71. The second kappa shape index (κ2) is 8.60. The highest BCUT2D eigenvalue weighted by atomic mass is 16.5. The van der Waals surface area contributed by atoms with Crippen LogP contribution in [0.3, 0.4) is 0 Å². The number of aromatic nitrogens is 2. The van der Waals surface area contributed by atoms with Crippen LogP contribution in [0.25, 0.3) is 0 Å². The van der Waals surface area contributed by atoms with E-state index in [1.54, 1.807) is 0 Å². The van der Waals surface area contributed by atoms with Gasteiger partial charge in [0.25, 0.3) is 0 Å². The van der Waals surface area contributed by atoms with Crippen molar-refractivity contribution in [3.63, 3.8) is 0 Å². The Morgan fingerprint density at radius 3 is 2.79 bits per heavy atom. The lowest BCUT2D eigenvalue weighted by Gasteiger charge is -2.35. The van der Waals surface area contributed by atoms with E-state index in [0.717, 1.165) is 57.3 Å². The summed E-state index contributed by atoms with van der Waals surface area (Å²) in [6.07, 6.45) is 2.22. The van der Waals surface area contributed by atoms with E-state index in [-0.39, 0.29) is 6.61 Å². The first-order chi connectivity index (χ1) is 11.8. The fraction of sp³-hybridized carbons (Fsp3) is 0.765. The van der Waals surface area contributed by atoms with Crippen molar-refractivity contribution < 1.29 is 9.84 Å². The largest absolute Gasteiger partial charge is 0.395 e. The zero-order valence-corrected chi connectivity index (χ0v) is 14.6. The van der Waals surface area contributed by atoms with E-state index in [1.165, 1.54) is 13.0 Å². The Balaban J connectivity index is 1.74. The molecule has 2 fully saturated rings. The van der Waals surface area contributed by atoms with Gasteiger partial charge in [-0.3, -0.25) is 4.90 Å². The summed E-state index contributed by atoms with van der Waals surface area (Å²) >= 11 is 0. The number of aliphatic hydroxyl groups excluding tert-OH is 1. The molecule has 1 unspecified atom stereocenters. The molecule has 0 spiro atoms. The van der Waals surface area contributed by atoms with Gasteiger partial charge in [-0.25, -0.2) is 4.98 Å². The highest BCUT2D eigenvalue weighted by Gasteiger charge is 2.23. The number of nitrogens with zero attached hydrogens (tertiary/aromatic N) is 4. The molecule has 7 heteroatoms. The van der Waals surface area contributed by atoms with Gasteiger partial charge in [0, 0.05) is 51.3 Å². The minimum atomic E-state index is 0.0746. The SMILES string of the molecule is CCCN1CCN(c2cc(C3CCOC3)nc(NCCO)n2)CC1. The van der Waals surface area contributed by atoms with E-state index in [1.807, 2.05) is 0 Å². The number of rotatable bonds is 7. The number of ether oxygens (including phenoxy) is 1. The lowest BCUT2D eigenvalue weighted by molar-refractivity contribution is 0.193. The molecule has 0 amide bonds. The molecule has 1 aromatic heterocycles. The van der Waals surface area contributed by atoms with Crippen LogP contribution in [0, 0.1) is 0 Å². The fourth-order valence-electron chi connectivity index (χ4n) is 3.36. The van der Waals surface area contributed by atoms with Crippen molar-refractivity contribution in [1.29, 1.82) is 0 Å². The van der Waals surface area contributed by atoms with E-state index in [0.29, 0.717) is 18.4 Å². The Bertz CT molecular complexity index is 514. The summed E-state index contributed by atoms with van der Waals surface area (Å²) in [5.41, 5.74) is 1.05. The zero-order valence-electron chi connectivity index (χ0n) is 14.6. The summed E-state index contributed by atoms with van der Waals surface area (Å²) in [6, 6.07) is 2.12. The average Bonchev–Trinajstić information content (AvgIpc) is 3.15. The number of hydrogen-bond donors (Lipinski definition) is 2. The molecule has 0 aromatic carbocycles. The first kappa shape index (κ1) is 17.4. The van der Waals surface area contributed by atoms with Crippen LogP contribution in [0.15, 0.2) is 6.07 Å². The molecule has 7 nitrogen and oxygen atoms in total. The van der Waals surface area contributed by atoms with E-state index < -0.39 is 0 Å². The molecule has 134 valence electrons. The molecular formula is C17H29N5O2. The second-order valence-corrected chi connectivity index (χ2v) is 6.51. The van der Waals surface area contributed by atoms with Crippen LogP contribution in [0.1, 0.15) is 31.4 Å². The number of aliphatic hydroxyl groups is 1. The van der Waals surface area contributed by atoms with Crippen LogP contribution >= 0.6 is 0 Å². The molecule has 1 atom stereocenters. The highest BCUT2D eigenvalue weighted by Crippen LogP contribution is 2.27. The molecule has 2 N–H and O–H groups in total. The quantitative estimate of drug-likeness (QED) is 0.767. The maximum atomic E-state index is 9.05. The van der Waals surface area contributed by atoms with Crippen molar-refractivity contribution in [2.45, 2.75) is 25.7 Å². The highest BCUT2D eigenvalue weighted by molar-refractivity contribution is 5.46. The lowest BCUT2D eigenvalue weighted by atomic mass is 10.0. The van der Waals surface area contributed by atoms with E-state index >= 15 is 0 Å². The number of anilines is 2. The molecule has 2 aliphatic heterocycles. The van der Waals surface area contributed by atoms with Crippen molar-refractivity contribution in [3.05, 3.63) is 11.8 Å². The number of piperazine rings is 1. The van der Waals surface area contributed by atoms with Crippen LogP contribution in [0.5, 0.6) is 0 Å². The van der Waals surface area contributed by atoms with E-state index in [2.05, 4.69) is 38.1 Å². The van der Waals surface area contributed by atoms with Crippen LogP contribution < -0.4 is 10.2 Å². The Labute approximate surface area is 144 Å². The molecule has 0 radical (unpaired) electrons. The van der Waals surface area contributed by atoms with Gasteiger partial charge in [0.1, 0.15) is 5.82 Å². The standard InChI is InChI=1S/C17H29N5O2/c1-2-5-21-6-8-22(9-7-21)16-12-15(14-3-11-24-13-14)19-17(20-16)18-4-10-23/h12,14,23H,2-11,13H2,1H3,(H,18,19,20). The minimum absolute atomic E-state index is 0.0746. The van der Waals surface area contributed by atoms with Crippen LogP contribution in [-0.2, 0) is 4.74 Å². The van der Waals surface area contributed by atoms with Gasteiger partial charge in [-0.2, -0.15) is 4.98 Å². The van der Waals surface area contributed by atoms with Gasteiger partial charge in [-0.1, -0.05) is 6.92 Å². The summed E-state index contributed by atoms with van der Waals surface area (Å²) in [6.45, 7) is 9.64. The monoisotopic (exact) mass is 335 g/mol. The molecular weight excluding hydrogens is 306 g/mol. The first-order valence-electron chi connectivity index (χ1n) is 9.09. The first-order valence-corrected chi connectivity index (χ1v) is 9.09. The van der Waals surface area contributed by atoms with Crippen molar-refractivity contribution in [2.75, 3.05) is 69.3 Å². The number of hydrogen-bond acceptors (Lipinski definition) is 7. The zero-order chi connectivity index (χ0) is 16.8. The molecule has 24 heavy (non-hydrogen) atoms. The van der Waals surface area contributed by atoms with Gasteiger partial charge in [0.15, 0.2) is 0 Å². The van der Waals surface area contributed by atoms with Crippen molar-refractivity contribution in [3.8, 4) is 0 Å². The number of nitrogens with one attached hydrogen (secondary N) is 1. The Morgan fingerprint density at radius 1 is 1.29 bits per heavy atom. The topological polar surface area (TPSA) is 73.8 Å². The Kier molecular flexibility index (Phi) is 6.23. The molecule has 3 heterocycles. The van der Waals surface area contributed by atoms with Crippen LogP contribution in [0.2, 0.25) is 0 Å². The second-order valence-electron chi connectivity index (χ2n) is 6.51. The molecule has 0 saturated carbocycles. The van der Waals surface area contributed by atoms with Gasteiger partial charge in [-0.15, -0.1) is 0 Å². The van der Waals surface area contributed by atoms with Crippen molar-refractivity contribution >= 4 is 11.8 Å². The Morgan fingerprint density at radius 2 is 2.12 bits per heavy atom. The predicted molar refractivity (Wildman–Crippen MR) is 94.7 cm³/mol. The van der Waals surface area contributed by atoms with E-state index in [4.69, 9.17) is 9.84 Å². The molecule has 3 rings (SSSR count). The van der Waals surface area contributed by atoms with Gasteiger partial charge in [0.05, 0.1) is 18.9 Å². The van der Waals surface area contributed by atoms with Crippen molar-refractivity contribution in [1.82, 2.24) is 14.9 Å². The van der Waals surface area contributed by atoms with Crippen molar-refractivity contribution in [2.24, 2.45) is 0 Å². The normalized spacial score (nSPS) is 22.1. The maximum absolute atomic E-state index is 9.05. The molecule has 0 aliphatic carbocycles. The molecule has 0 bridgehead atoms. The van der Waals surface area contributed by atoms with Gasteiger partial charge in [-0.05, 0) is 19.4 Å². The summed E-state index contributed by atoms with van der Waals surface area (Å²) < 4.78 is 5.52. The van der Waals surface area contributed by atoms with Gasteiger partial charge >= 0.3 is 0 Å². The molecule has 2 saturated heterocycles. The minimum Gasteiger partial charge on any atom is -0.395 e. The predicted octanol–water partition coefficient (Wildman–Crippen LogP) is 0.917. The maximum Gasteiger partial charge on any atom is 0.224 e. The van der Waals surface area contributed by atoms with E-state index in [9.17, 15) is 0 Å². The van der Waals surface area contributed by atoms with Crippen LogP contribution in [0.4, 0.5) is 11.8 Å². The summed E-state index contributed by atoms with van der Waals surface area (Å²) in [5.74, 6) is 1.95. The third-order valence-electron chi connectivity index (χ3n) is 4.71. The molecule has 1 aromatic rings. The van der Waals surface area contributed by atoms with Gasteiger partial charge < -0.3 is 20.1 Å². The van der Waals surface area contributed by atoms with Crippen LogP contribution in [-0.4, -0.2) is 79.1 Å². The molecule has 2 aliphatic rings. The van der Waals surface area contributed by atoms with Gasteiger partial charge in [0.2, 0.25) is 5.95 Å². The summed E-state index contributed by atoms with van der Waals surface area (Å²) in [5, 5.41) is 12.2. The lowest BCUT2D eigenvalue weighted by Crippen LogP contribution is -2.47. The smallest absolute Gasteiger partial charge is 0.224 e. The average molecular weight is 335 g/mol. The summed E-state index contributed by atoms with van der Waals surface area (Å²) in [4.78, 5) is 14.2. The Hall–Kier alpha value is -1.44.